The van der Waals surface area contributed by atoms with Crippen molar-refractivity contribution in [2.45, 2.75) is 25.8 Å². The average molecular weight is 138 g/mol. The summed E-state index contributed by atoms with van der Waals surface area (Å²) >= 11 is 0. The van der Waals surface area contributed by atoms with Crippen molar-refractivity contribution in [2.24, 2.45) is 0 Å². The molecule has 1 atom stereocenters. The summed E-state index contributed by atoms with van der Waals surface area (Å²) < 4.78 is 1.90. The molecule has 2 heterocycles. The number of nitrogens with zero attached hydrogens (tertiary/aromatic N) is 3. The van der Waals surface area contributed by atoms with E-state index in [0.717, 1.165) is 18.7 Å². The zero-order valence-corrected chi connectivity index (χ0v) is 5.91. The molecule has 4 nitrogen and oxygen atoms in total. The van der Waals surface area contributed by atoms with Crippen LogP contribution >= 0.6 is 0 Å². The number of hydrogen-bond acceptors (Lipinski definition) is 3. The molecule has 1 N–H and O–H groups in total. The summed E-state index contributed by atoms with van der Waals surface area (Å²) in [4.78, 5) is 0. The molecule has 2 rings (SSSR count). The summed E-state index contributed by atoms with van der Waals surface area (Å²) in [6.45, 7) is 2.16. The highest BCUT2D eigenvalue weighted by Crippen LogP contribution is 2.07. The number of aromatic nitrogens is 3. The molecule has 0 aromatic carbocycles. The zero-order chi connectivity index (χ0) is 6.97. The Morgan fingerprint density at radius 1 is 1.80 bits per heavy atom. The van der Waals surface area contributed by atoms with Crippen molar-refractivity contribution in [3.63, 3.8) is 0 Å². The maximum atomic E-state index is 3.94. The van der Waals surface area contributed by atoms with E-state index in [1.54, 1.807) is 6.33 Å². The third-order valence-corrected chi connectivity index (χ3v) is 1.78. The van der Waals surface area contributed by atoms with E-state index in [1.165, 1.54) is 0 Å². The van der Waals surface area contributed by atoms with Crippen LogP contribution in [0.1, 0.15) is 19.2 Å². The Kier molecular flexibility index (Phi) is 1.12. The topological polar surface area (TPSA) is 42.7 Å². The highest BCUT2D eigenvalue weighted by Gasteiger charge is 2.13. The lowest BCUT2D eigenvalue weighted by Crippen LogP contribution is -2.31. The minimum atomic E-state index is 0.545. The van der Waals surface area contributed by atoms with Crippen LogP contribution in [0.5, 0.6) is 0 Å². The highest BCUT2D eigenvalue weighted by atomic mass is 15.5. The van der Waals surface area contributed by atoms with Crippen molar-refractivity contribution in [1.29, 1.82) is 0 Å². The fourth-order valence-corrected chi connectivity index (χ4v) is 1.18. The molecule has 1 unspecified atom stereocenters. The van der Waals surface area contributed by atoms with Gasteiger partial charge in [-0.25, -0.2) is 4.68 Å². The van der Waals surface area contributed by atoms with Crippen molar-refractivity contribution in [3.05, 3.63) is 12.2 Å². The van der Waals surface area contributed by atoms with Crippen molar-refractivity contribution < 1.29 is 0 Å². The van der Waals surface area contributed by atoms with Gasteiger partial charge in [-0.2, -0.15) is 0 Å². The fourth-order valence-electron chi connectivity index (χ4n) is 1.18. The minimum absolute atomic E-state index is 0.545. The lowest BCUT2D eigenvalue weighted by Gasteiger charge is -2.21. The summed E-state index contributed by atoms with van der Waals surface area (Å²) in [5, 5.41) is 7.73. The van der Waals surface area contributed by atoms with Gasteiger partial charge in [0.15, 0.2) is 5.82 Å². The Hall–Kier alpha value is -1.06. The summed E-state index contributed by atoms with van der Waals surface area (Å²) in [7, 11) is 0. The molecular formula is C6H10N4. The molecule has 0 bridgehead atoms. The SMILES string of the molecule is CC1CCc2nncn2N1. The number of rotatable bonds is 0. The Morgan fingerprint density at radius 2 is 2.70 bits per heavy atom. The van der Waals surface area contributed by atoms with Crippen LogP contribution in [0.3, 0.4) is 0 Å². The van der Waals surface area contributed by atoms with Crippen LogP contribution < -0.4 is 5.43 Å². The van der Waals surface area contributed by atoms with E-state index >= 15 is 0 Å². The summed E-state index contributed by atoms with van der Waals surface area (Å²) in [5.41, 5.74) is 3.23. The predicted octanol–water partition coefficient (Wildman–Crippen LogP) is 0.156. The van der Waals surface area contributed by atoms with E-state index < -0.39 is 0 Å². The van der Waals surface area contributed by atoms with E-state index in [4.69, 9.17) is 0 Å². The smallest absolute Gasteiger partial charge is 0.151 e. The molecule has 1 aliphatic rings. The minimum Gasteiger partial charge on any atom is -0.320 e. The number of aryl methyl sites for hydroxylation is 1. The number of hydrogen-bond donors (Lipinski definition) is 1. The van der Waals surface area contributed by atoms with Gasteiger partial charge in [-0.15, -0.1) is 10.2 Å². The van der Waals surface area contributed by atoms with E-state index in [0.29, 0.717) is 6.04 Å². The molecule has 0 saturated heterocycles. The lowest BCUT2D eigenvalue weighted by atomic mass is 10.1. The van der Waals surface area contributed by atoms with Crippen LogP contribution in [-0.2, 0) is 6.42 Å². The molecule has 1 aromatic heterocycles. The molecule has 0 amide bonds. The summed E-state index contributed by atoms with van der Waals surface area (Å²) in [6, 6.07) is 0.545. The summed E-state index contributed by atoms with van der Waals surface area (Å²) in [6.07, 6.45) is 3.90. The van der Waals surface area contributed by atoms with Gasteiger partial charge in [-0.3, -0.25) is 0 Å². The van der Waals surface area contributed by atoms with Crippen molar-refractivity contribution in [3.8, 4) is 0 Å². The van der Waals surface area contributed by atoms with Crippen LogP contribution in [0, 0.1) is 0 Å². The number of fused-ring (bicyclic) bond motifs is 1. The standard InChI is InChI=1S/C6H10N4/c1-5-2-3-6-8-7-4-10(6)9-5/h4-5,9H,2-3H2,1H3. The van der Waals surface area contributed by atoms with Gasteiger partial charge in [0.2, 0.25) is 0 Å². The Bertz CT molecular complexity index is 229. The first-order valence-corrected chi connectivity index (χ1v) is 3.52. The molecule has 54 valence electrons. The monoisotopic (exact) mass is 138 g/mol. The van der Waals surface area contributed by atoms with Crippen LogP contribution in [0.15, 0.2) is 6.33 Å². The Labute approximate surface area is 59.2 Å². The lowest BCUT2D eigenvalue weighted by molar-refractivity contribution is 0.551. The van der Waals surface area contributed by atoms with Crippen LogP contribution in [0.2, 0.25) is 0 Å². The van der Waals surface area contributed by atoms with Gasteiger partial charge >= 0.3 is 0 Å². The largest absolute Gasteiger partial charge is 0.320 e. The van der Waals surface area contributed by atoms with E-state index in [-0.39, 0.29) is 0 Å². The fraction of sp³-hybridized carbons (Fsp3) is 0.667. The molecule has 0 radical (unpaired) electrons. The second kappa shape index (κ2) is 1.97. The zero-order valence-electron chi connectivity index (χ0n) is 5.91. The molecule has 1 aromatic rings. The molecule has 0 aliphatic carbocycles. The van der Waals surface area contributed by atoms with Crippen molar-refractivity contribution >= 4 is 0 Å². The first kappa shape index (κ1) is 5.70. The van der Waals surface area contributed by atoms with E-state index in [2.05, 4.69) is 22.5 Å². The summed E-state index contributed by atoms with van der Waals surface area (Å²) in [5.74, 6) is 1.04. The van der Waals surface area contributed by atoms with E-state index in [9.17, 15) is 0 Å². The van der Waals surface area contributed by atoms with E-state index in [1.807, 2.05) is 4.68 Å². The number of nitrogens with one attached hydrogen (secondary N) is 1. The van der Waals surface area contributed by atoms with Gasteiger partial charge in [0.05, 0.1) is 0 Å². The average Bonchev–Trinajstić information content (AvgIpc) is 2.33. The third kappa shape index (κ3) is 0.761. The Morgan fingerprint density at radius 3 is 3.60 bits per heavy atom. The Balaban J connectivity index is 2.30. The normalized spacial score (nSPS) is 23.5. The van der Waals surface area contributed by atoms with Crippen LogP contribution in [0.25, 0.3) is 0 Å². The molecular weight excluding hydrogens is 128 g/mol. The van der Waals surface area contributed by atoms with Gasteiger partial charge in [0.1, 0.15) is 6.33 Å². The van der Waals surface area contributed by atoms with Gasteiger partial charge < -0.3 is 5.43 Å². The maximum Gasteiger partial charge on any atom is 0.151 e. The van der Waals surface area contributed by atoms with Crippen molar-refractivity contribution in [1.82, 2.24) is 14.9 Å². The van der Waals surface area contributed by atoms with Gasteiger partial charge in [0.25, 0.3) is 0 Å². The molecule has 1 aliphatic heterocycles. The molecule has 4 heteroatoms. The highest BCUT2D eigenvalue weighted by molar-refractivity contribution is 4.97. The second-order valence-electron chi connectivity index (χ2n) is 2.69. The quantitative estimate of drug-likeness (QED) is 0.555. The first-order chi connectivity index (χ1) is 4.86. The molecule has 10 heavy (non-hydrogen) atoms. The van der Waals surface area contributed by atoms with Crippen molar-refractivity contribution in [2.75, 3.05) is 5.43 Å². The van der Waals surface area contributed by atoms with Gasteiger partial charge in [-0.05, 0) is 13.3 Å². The maximum absolute atomic E-state index is 3.94. The third-order valence-electron chi connectivity index (χ3n) is 1.78. The molecule has 0 fully saturated rings. The predicted molar refractivity (Wildman–Crippen MR) is 37.2 cm³/mol. The van der Waals surface area contributed by atoms with Gasteiger partial charge in [0, 0.05) is 12.5 Å². The first-order valence-electron chi connectivity index (χ1n) is 3.52. The van der Waals surface area contributed by atoms with Gasteiger partial charge in [-0.1, -0.05) is 0 Å². The second-order valence-corrected chi connectivity index (χ2v) is 2.69. The molecule has 0 spiro atoms. The van der Waals surface area contributed by atoms with Crippen LogP contribution in [-0.4, -0.2) is 20.9 Å². The van der Waals surface area contributed by atoms with Crippen LogP contribution in [0.4, 0.5) is 0 Å². The molecule has 0 saturated carbocycles.